The van der Waals surface area contributed by atoms with E-state index in [4.69, 9.17) is 22.7 Å². The van der Waals surface area contributed by atoms with Gasteiger partial charge in [0.15, 0.2) is 0 Å². The van der Waals surface area contributed by atoms with E-state index in [1.165, 1.54) is 0 Å². The van der Waals surface area contributed by atoms with E-state index in [1.54, 1.807) is 24.5 Å². The van der Waals surface area contributed by atoms with Gasteiger partial charge in [0, 0.05) is 11.9 Å². The molecule has 0 aromatic carbocycles. The Labute approximate surface area is 111 Å². The average molecular weight is 259 g/mol. The molecule has 0 bridgehead atoms. The van der Waals surface area contributed by atoms with E-state index in [9.17, 15) is 0 Å². The topological polar surface area (TPSA) is 61.0 Å². The molecule has 0 aliphatic heterocycles. The summed E-state index contributed by atoms with van der Waals surface area (Å²) in [5, 5.41) is 0. The SMILES string of the molecule is Cc1cc(C)c(C(N)=S)c(Oc2cccnc2)n1. The molecule has 0 amide bonds. The van der Waals surface area contributed by atoms with E-state index in [0.29, 0.717) is 17.2 Å². The van der Waals surface area contributed by atoms with Crippen molar-refractivity contribution in [2.75, 3.05) is 0 Å². The maximum Gasteiger partial charge on any atom is 0.230 e. The summed E-state index contributed by atoms with van der Waals surface area (Å²) in [6, 6.07) is 5.51. The fraction of sp³-hybridized carbons (Fsp3) is 0.154. The summed E-state index contributed by atoms with van der Waals surface area (Å²) >= 11 is 5.04. The predicted octanol–water partition coefficient (Wildman–Crippen LogP) is 2.52. The number of rotatable bonds is 3. The minimum absolute atomic E-state index is 0.277. The van der Waals surface area contributed by atoms with Crippen molar-refractivity contribution < 1.29 is 4.74 Å². The lowest BCUT2D eigenvalue weighted by Gasteiger charge is -2.12. The summed E-state index contributed by atoms with van der Waals surface area (Å²) < 4.78 is 5.69. The van der Waals surface area contributed by atoms with Gasteiger partial charge < -0.3 is 10.5 Å². The molecule has 92 valence electrons. The molecule has 0 atom stereocenters. The average Bonchev–Trinajstić information content (AvgIpc) is 2.28. The van der Waals surface area contributed by atoms with E-state index in [2.05, 4.69) is 9.97 Å². The van der Waals surface area contributed by atoms with E-state index >= 15 is 0 Å². The third kappa shape index (κ3) is 2.62. The van der Waals surface area contributed by atoms with Gasteiger partial charge in [-0.1, -0.05) is 12.2 Å². The summed E-state index contributed by atoms with van der Waals surface area (Å²) in [7, 11) is 0. The van der Waals surface area contributed by atoms with Crippen LogP contribution in [0.4, 0.5) is 0 Å². The molecule has 4 nitrogen and oxygen atoms in total. The Kier molecular flexibility index (Phi) is 3.53. The molecule has 0 aliphatic carbocycles. The summed E-state index contributed by atoms with van der Waals surface area (Å²) in [4.78, 5) is 8.59. The standard InChI is InChI=1S/C13H13N3OS/c1-8-6-9(2)16-13(11(8)12(14)18)17-10-4-3-5-15-7-10/h3-7H,1-2H3,(H2,14,18). The van der Waals surface area contributed by atoms with Crippen molar-refractivity contribution in [1.82, 2.24) is 9.97 Å². The van der Waals surface area contributed by atoms with E-state index in [0.717, 1.165) is 11.3 Å². The van der Waals surface area contributed by atoms with Crippen molar-refractivity contribution in [3.8, 4) is 11.6 Å². The van der Waals surface area contributed by atoms with Crippen molar-refractivity contribution in [1.29, 1.82) is 0 Å². The van der Waals surface area contributed by atoms with Crippen molar-refractivity contribution in [3.05, 3.63) is 47.4 Å². The lowest BCUT2D eigenvalue weighted by molar-refractivity contribution is 0.458. The van der Waals surface area contributed by atoms with Gasteiger partial charge >= 0.3 is 0 Å². The number of ether oxygens (including phenoxy) is 1. The van der Waals surface area contributed by atoms with E-state index in [1.807, 2.05) is 19.9 Å². The highest BCUT2D eigenvalue weighted by Gasteiger charge is 2.13. The number of hydrogen-bond acceptors (Lipinski definition) is 4. The highest BCUT2D eigenvalue weighted by molar-refractivity contribution is 7.80. The fourth-order valence-electron chi connectivity index (χ4n) is 1.70. The van der Waals surface area contributed by atoms with Crippen LogP contribution in [0.3, 0.4) is 0 Å². The van der Waals surface area contributed by atoms with Gasteiger partial charge in [-0.2, -0.15) is 0 Å². The first-order valence-electron chi connectivity index (χ1n) is 5.44. The van der Waals surface area contributed by atoms with Crippen LogP contribution < -0.4 is 10.5 Å². The summed E-state index contributed by atoms with van der Waals surface area (Å²) in [6.07, 6.45) is 3.29. The molecule has 2 N–H and O–H groups in total. The highest BCUT2D eigenvalue weighted by atomic mass is 32.1. The number of aromatic nitrogens is 2. The minimum atomic E-state index is 0.277. The molecule has 2 heterocycles. The quantitative estimate of drug-likeness (QED) is 0.858. The van der Waals surface area contributed by atoms with Gasteiger partial charge in [-0.3, -0.25) is 4.98 Å². The predicted molar refractivity (Wildman–Crippen MR) is 73.9 cm³/mol. The zero-order valence-corrected chi connectivity index (χ0v) is 11.0. The molecular weight excluding hydrogens is 246 g/mol. The summed E-state index contributed by atoms with van der Waals surface area (Å²) in [5.41, 5.74) is 8.19. The van der Waals surface area contributed by atoms with Crippen LogP contribution in [0.2, 0.25) is 0 Å². The molecule has 0 spiro atoms. The van der Waals surface area contributed by atoms with Crippen LogP contribution in [-0.2, 0) is 0 Å². The maximum atomic E-state index is 5.71. The van der Waals surface area contributed by atoms with Gasteiger partial charge in [-0.05, 0) is 37.6 Å². The minimum Gasteiger partial charge on any atom is -0.437 e. The van der Waals surface area contributed by atoms with Gasteiger partial charge in [-0.15, -0.1) is 0 Å². The number of hydrogen-bond donors (Lipinski definition) is 1. The molecule has 0 radical (unpaired) electrons. The van der Waals surface area contributed by atoms with Gasteiger partial charge in [0.2, 0.25) is 5.88 Å². The molecule has 2 rings (SSSR count). The zero-order chi connectivity index (χ0) is 13.1. The first-order chi connectivity index (χ1) is 8.58. The third-order valence-corrected chi connectivity index (χ3v) is 2.61. The van der Waals surface area contributed by atoms with E-state index in [-0.39, 0.29) is 4.99 Å². The lowest BCUT2D eigenvalue weighted by Crippen LogP contribution is -2.14. The van der Waals surface area contributed by atoms with Crippen LogP contribution in [0.5, 0.6) is 11.6 Å². The van der Waals surface area contributed by atoms with Gasteiger partial charge in [-0.25, -0.2) is 4.98 Å². The number of pyridine rings is 2. The van der Waals surface area contributed by atoms with Gasteiger partial charge in [0.1, 0.15) is 10.7 Å². The Hall–Kier alpha value is -2.01. The molecule has 0 fully saturated rings. The monoisotopic (exact) mass is 259 g/mol. The van der Waals surface area contributed by atoms with Crippen LogP contribution in [0, 0.1) is 13.8 Å². The normalized spacial score (nSPS) is 10.1. The molecule has 5 heteroatoms. The van der Waals surface area contributed by atoms with Crippen molar-refractivity contribution in [2.24, 2.45) is 5.73 Å². The number of nitrogens with two attached hydrogens (primary N) is 1. The van der Waals surface area contributed by atoms with Crippen LogP contribution in [0.1, 0.15) is 16.8 Å². The Balaban J connectivity index is 2.46. The molecule has 2 aromatic heterocycles. The molecule has 0 saturated carbocycles. The molecule has 0 aliphatic rings. The molecule has 0 unspecified atom stereocenters. The number of thiocarbonyl (C=S) groups is 1. The number of nitrogens with zero attached hydrogens (tertiary/aromatic N) is 2. The summed E-state index contributed by atoms with van der Waals surface area (Å²) in [6.45, 7) is 3.83. The van der Waals surface area contributed by atoms with E-state index < -0.39 is 0 Å². The van der Waals surface area contributed by atoms with Crippen molar-refractivity contribution in [2.45, 2.75) is 13.8 Å². The second-order valence-electron chi connectivity index (χ2n) is 3.92. The lowest BCUT2D eigenvalue weighted by atomic mass is 10.1. The van der Waals surface area contributed by atoms with Crippen molar-refractivity contribution >= 4 is 17.2 Å². The first kappa shape index (κ1) is 12.4. The Bertz CT molecular complexity index is 584. The smallest absolute Gasteiger partial charge is 0.230 e. The maximum absolute atomic E-state index is 5.71. The van der Waals surface area contributed by atoms with Gasteiger partial charge in [0.25, 0.3) is 0 Å². The largest absolute Gasteiger partial charge is 0.437 e. The van der Waals surface area contributed by atoms with Gasteiger partial charge in [0.05, 0.1) is 11.8 Å². The Morgan fingerprint density at radius 2 is 2.17 bits per heavy atom. The summed E-state index contributed by atoms with van der Waals surface area (Å²) in [5.74, 6) is 1.03. The Morgan fingerprint density at radius 1 is 1.39 bits per heavy atom. The van der Waals surface area contributed by atoms with Crippen LogP contribution >= 0.6 is 12.2 Å². The highest BCUT2D eigenvalue weighted by Crippen LogP contribution is 2.25. The number of aryl methyl sites for hydroxylation is 2. The Morgan fingerprint density at radius 3 is 2.78 bits per heavy atom. The van der Waals surface area contributed by atoms with Crippen molar-refractivity contribution in [3.63, 3.8) is 0 Å². The van der Waals surface area contributed by atoms with Crippen LogP contribution in [-0.4, -0.2) is 15.0 Å². The zero-order valence-electron chi connectivity index (χ0n) is 10.2. The molecular formula is C13H13N3OS. The molecule has 2 aromatic rings. The molecule has 18 heavy (non-hydrogen) atoms. The van der Waals surface area contributed by atoms with Crippen LogP contribution in [0.15, 0.2) is 30.6 Å². The van der Waals surface area contributed by atoms with Crippen LogP contribution in [0.25, 0.3) is 0 Å². The first-order valence-corrected chi connectivity index (χ1v) is 5.84. The fourth-order valence-corrected chi connectivity index (χ4v) is 1.94. The second kappa shape index (κ2) is 5.10. The second-order valence-corrected chi connectivity index (χ2v) is 4.36. The molecule has 0 saturated heterocycles. The third-order valence-electron chi connectivity index (χ3n) is 2.41.